The zero-order valence-electron chi connectivity index (χ0n) is 15.1. The maximum absolute atomic E-state index is 12.5. The van der Waals surface area contributed by atoms with Gasteiger partial charge in [-0.1, -0.05) is 29.8 Å². The van der Waals surface area contributed by atoms with Crippen LogP contribution in [0.2, 0.25) is 5.02 Å². The van der Waals surface area contributed by atoms with Gasteiger partial charge in [-0.05, 0) is 55.5 Å². The number of carbonyl (C=O) groups is 1. The van der Waals surface area contributed by atoms with Crippen LogP contribution < -0.4 is 10.1 Å². The molecule has 1 aromatic heterocycles. The maximum atomic E-state index is 12.5. The van der Waals surface area contributed by atoms with Crippen molar-refractivity contribution in [2.24, 2.45) is 0 Å². The van der Waals surface area contributed by atoms with E-state index < -0.39 is 0 Å². The first-order valence-electron chi connectivity index (χ1n) is 8.84. The lowest BCUT2D eigenvalue weighted by molar-refractivity contribution is 0.102. The van der Waals surface area contributed by atoms with Gasteiger partial charge < -0.3 is 10.1 Å². The Balaban J connectivity index is 1.56. The molecule has 0 aliphatic rings. The topological polar surface area (TPSA) is 51.2 Å². The molecule has 4 nitrogen and oxygen atoms in total. The summed E-state index contributed by atoms with van der Waals surface area (Å²) in [5, 5.41) is 4.27. The number of amides is 1. The second kappa shape index (κ2) is 8.00. The van der Waals surface area contributed by atoms with Gasteiger partial charge in [0.1, 0.15) is 10.8 Å². The van der Waals surface area contributed by atoms with E-state index in [0.29, 0.717) is 28.6 Å². The van der Waals surface area contributed by atoms with Crippen LogP contribution in [-0.2, 0) is 0 Å². The van der Waals surface area contributed by atoms with Crippen LogP contribution in [0.4, 0.5) is 5.69 Å². The van der Waals surface area contributed by atoms with Gasteiger partial charge in [0.15, 0.2) is 0 Å². The molecular formula is C22H17ClN2O2S. The Morgan fingerprint density at radius 2 is 1.96 bits per heavy atom. The number of para-hydroxylation sites is 1. The molecule has 0 aliphatic carbocycles. The summed E-state index contributed by atoms with van der Waals surface area (Å²) in [4.78, 5) is 17.2. The number of nitrogens with one attached hydrogen (secondary N) is 1. The second-order valence-corrected chi connectivity index (χ2v) is 7.53. The van der Waals surface area contributed by atoms with Gasteiger partial charge in [-0.2, -0.15) is 0 Å². The number of halogens is 1. The van der Waals surface area contributed by atoms with Gasteiger partial charge in [0, 0.05) is 16.8 Å². The molecule has 1 amide bonds. The van der Waals surface area contributed by atoms with E-state index in [4.69, 9.17) is 16.3 Å². The van der Waals surface area contributed by atoms with Gasteiger partial charge in [-0.25, -0.2) is 4.98 Å². The molecule has 28 heavy (non-hydrogen) atoms. The van der Waals surface area contributed by atoms with Gasteiger partial charge in [0.25, 0.3) is 5.91 Å². The minimum absolute atomic E-state index is 0.217. The molecule has 0 aliphatic heterocycles. The molecule has 1 N–H and O–H groups in total. The molecule has 0 bridgehead atoms. The summed E-state index contributed by atoms with van der Waals surface area (Å²) in [5.41, 5.74) is 2.95. The fraction of sp³-hybridized carbons (Fsp3) is 0.0909. The number of aromatic nitrogens is 1. The summed E-state index contributed by atoms with van der Waals surface area (Å²) in [6.07, 6.45) is 0. The van der Waals surface area contributed by atoms with E-state index in [9.17, 15) is 4.79 Å². The normalized spacial score (nSPS) is 10.8. The minimum Gasteiger partial charge on any atom is -0.494 e. The van der Waals surface area contributed by atoms with Crippen molar-refractivity contribution in [2.75, 3.05) is 11.9 Å². The Labute approximate surface area is 171 Å². The van der Waals surface area contributed by atoms with E-state index in [1.807, 2.05) is 49.4 Å². The zero-order chi connectivity index (χ0) is 19.5. The molecule has 0 saturated heterocycles. The van der Waals surface area contributed by atoms with Gasteiger partial charge >= 0.3 is 0 Å². The standard InChI is InChI=1S/C22H17ClN2O2S/c1-2-27-16-7-5-6-14(12-16)21(26)24-15-10-11-17(18(23)13-15)22-25-19-8-3-4-9-20(19)28-22/h3-13H,2H2,1H3,(H,24,26). The third kappa shape index (κ3) is 3.86. The molecule has 4 rings (SSSR count). The molecule has 6 heteroatoms. The van der Waals surface area contributed by atoms with Crippen molar-refractivity contribution in [1.82, 2.24) is 4.98 Å². The smallest absolute Gasteiger partial charge is 0.255 e. The summed E-state index contributed by atoms with van der Waals surface area (Å²) >= 11 is 8.07. The fourth-order valence-corrected chi connectivity index (χ4v) is 4.18. The lowest BCUT2D eigenvalue weighted by Crippen LogP contribution is -2.12. The fourth-order valence-electron chi connectivity index (χ4n) is 2.85. The summed E-state index contributed by atoms with van der Waals surface area (Å²) in [7, 11) is 0. The predicted octanol–water partition coefficient (Wildman–Crippen LogP) is 6.27. The molecule has 1 heterocycles. The summed E-state index contributed by atoms with van der Waals surface area (Å²) in [5.74, 6) is 0.449. The highest BCUT2D eigenvalue weighted by Gasteiger charge is 2.12. The van der Waals surface area contributed by atoms with Crippen LogP contribution in [-0.4, -0.2) is 17.5 Å². The number of rotatable bonds is 5. The lowest BCUT2D eigenvalue weighted by Gasteiger charge is -2.09. The number of thiazole rings is 1. The predicted molar refractivity (Wildman–Crippen MR) is 116 cm³/mol. The Morgan fingerprint density at radius 3 is 2.75 bits per heavy atom. The number of hydrogen-bond donors (Lipinski definition) is 1. The third-order valence-electron chi connectivity index (χ3n) is 4.16. The van der Waals surface area contributed by atoms with Gasteiger partial charge in [-0.3, -0.25) is 4.79 Å². The molecule has 0 fully saturated rings. The average Bonchev–Trinajstić information content (AvgIpc) is 3.12. The van der Waals surface area contributed by atoms with Crippen molar-refractivity contribution in [3.63, 3.8) is 0 Å². The van der Waals surface area contributed by atoms with Crippen molar-refractivity contribution in [3.8, 4) is 16.3 Å². The quantitative estimate of drug-likeness (QED) is 0.423. The van der Waals surface area contributed by atoms with Crippen LogP contribution >= 0.6 is 22.9 Å². The van der Waals surface area contributed by atoms with Crippen molar-refractivity contribution in [2.45, 2.75) is 6.92 Å². The van der Waals surface area contributed by atoms with E-state index in [1.165, 1.54) is 0 Å². The van der Waals surface area contributed by atoms with Crippen LogP contribution in [0.1, 0.15) is 17.3 Å². The Hall–Kier alpha value is -2.89. The molecule has 0 radical (unpaired) electrons. The highest BCUT2D eigenvalue weighted by molar-refractivity contribution is 7.21. The van der Waals surface area contributed by atoms with Crippen molar-refractivity contribution < 1.29 is 9.53 Å². The molecule has 3 aromatic carbocycles. The highest BCUT2D eigenvalue weighted by atomic mass is 35.5. The Morgan fingerprint density at radius 1 is 1.11 bits per heavy atom. The van der Waals surface area contributed by atoms with Crippen LogP contribution in [0.25, 0.3) is 20.8 Å². The Kier molecular flexibility index (Phi) is 5.28. The number of carbonyl (C=O) groups excluding carboxylic acids is 1. The van der Waals surface area contributed by atoms with Crippen molar-refractivity contribution >= 4 is 44.7 Å². The van der Waals surface area contributed by atoms with Crippen LogP contribution in [0.15, 0.2) is 66.7 Å². The number of nitrogens with zero attached hydrogens (tertiary/aromatic N) is 1. The Bertz CT molecular complexity index is 1120. The monoisotopic (exact) mass is 408 g/mol. The molecule has 0 saturated carbocycles. The van der Waals surface area contributed by atoms with Crippen LogP contribution in [0, 0.1) is 0 Å². The second-order valence-electron chi connectivity index (χ2n) is 6.10. The highest BCUT2D eigenvalue weighted by Crippen LogP contribution is 2.35. The first-order chi connectivity index (χ1) is 13.6. The van der Waals surface area contributed by atoms with Crippen LogP contribution in [0.3, 0.4) is 0 Å². The zero-order valence-corrected chi connectivity index (χ0v) is 16.7. The molecule has 140 valence electrons. The summed E-state index contributed by atoms with van der Waals surface area (Å²) in [6, 6.07) is 20.5. The number of benzene rings is 3. The van der Waals surface area contributed by atoms with Crippen LogP contribution in [0.5, 0.6) is 5.75 Å². The number of anilines is 1. The lowest BCUT2D eigenvalue weighted by atomic mass is 10.1. The largest absolute Gasteiger partial charge is 0.494 e. The molecule has 4 aromatic rings. The number of hydrogen-bond acceptors (Lipinski definition) is 4. The summed E-state index contributed by atoms with van der Waals surface area (Å²) in [6.45, 7) is 2.45. The average molecular weight is 409 g/mol. The van der Waals surface area contributed by atoms with Gasteiger partial charge in [0.2, 0.25) is 0 Å². The summed E-state index contributed by atoms with van der Waals surface area (Å²) < 4.78 is 6.56. The first kappa shape index (κ1) is 18.5. The van der Waals surface area contributed by atoms with E-state index >= 15 is 0 Å². The van der Waals surface area contributed by atoms with E-state index in [0.717, 1.165) is 20.8 Å². The minimum atomic E-state index is -0.217. The maximum Gasteiger partial charge on any atom is 0.255 e. The van der Waals surface area contributed by atoms with Gasteiger partial charge in [-0.15, -0.1) is 11.3 Å². The SMILES string of the molecule is CCOc1cccc(C(=O)Nc2ccc(-c3nc4ccccc4s3)c(Cl)c2)c1. The number of fused-ring (bicyclic) bond motifs is 1. The first-order valence-corrected chi connectivity index (χ1v) is 10.0. The molecule has 0 atom stereocenters. The van der Waals surface area contributed by atoms with Gasteiger partial charge in [0.05, 0.1) is 21.8 Å². The van der Waals surface area contributed by atoms with Crippen molar-refractivity contribution in [3.05, 3.63) is 77.3 Å². The third-order valence-corrected chi connectivity index (χ3v) is 5.54. The molecular weight excluding hydrogens is 392 g/mol. The van der Waals surface area contributed by atoms with E-state index in [2.05, 4.69) is 10.3 Å². The molecule has 0 unspecified atom stereocenters. The van der Waals surface area contributed by atoms with Crippen molar-refractivity contribution in [1.29, 1.82) is 0 Å². The number of ether oxygens (including phenoxy) is 1. The van der Waals surface area contributed by atoms with E-state index in [-0.39, 0.29) is 5.91 Å². The molecule has 0 spiro atoms. The van der Waals surface area contributed by atoms with E-state index in [1.54, 1.807) is 35.6 Å².